The number of aromatic nitrogens is 1. The molecule has 0 spiro atoms. The number of para-hydroxylation sites is 1. The van der Waals surface area contributed by atoms with E-state index in [0.717, 1.165) is 0 Å². The zero-order valence-corrected chi connectivity index (χ0v) is 15.5. The van der Waals surface area contributed by atoms with Gasteiger partial charge >= 0.3 is 0 Å². The Hall–Kier alpha value is -2.32. The number of thiophene rings is 1. The third-order valence-electron chi connectivity index (χ3n) is 4.01. The summed E-state index contributed by atoms with van der Waals surface area (Å²) in [5, 5.41) is 5.43. The second kappa shape index (κ2) is 7.06. The molecule has 5 aromatic rings. The number of nitrogens with one attached hydrogen (secondary N) is 1. The summed E-state index contributed by atoms with van der Waals surface area (Å²) in [6.07, 6.45) is 0. The van der Waals surface area contributed by atoms with Gasteiger partial charge in [-0.1, -0.05) is 64.1 Å². The Bertz CT molecular complexity index is 1010. The molecule has 0 bridgehead atoms. The summed E-state index contributed by atoms with van der Waals surface area (Å²) in [4.78, 5) is 3.53. The van der Waals surface area contributed by atoms with Crippen LogP contribution in [0.15, 0.2) is 60.7 Å². The number of aromatic amines is 1. The van der Waals surface area contributed by atoms with Crippen LogP contribution < -0.4 is 0 Å². The molecule has 0 radical (unpaired) electrons. The first-order chi connectivity index (χ1) is 11.9. The Morgan fingerprint density at radius 2 is 1.25 bits per heavy atom. The predicted molar refractivity (Wildman–Crippen MR) is 111 cm³/mol. The molecule has 1 nitrogen and oxygen atoms in total. The highest BCUT2D eigenvalue weighted by Crippen LogP contribution is 2.40. The van der Waals surface area contributed by atoms with Gasteiger partial charge in [0.05, 0.1) is 0 Å². The topological polar surface area (TPSA) is 15.8 Å². The van der Waals surface area contributed by atoms with Crippen LogP contribution in [0.2, 0.25) is 0 Å². The van der Waals surface area contributed by atoms with E-state index < -0.39 is 0 Å². The van der Waals surface area contributed by atoms with Crippen molar-refractivity contribution < 1.29 is 0 Å². The van der Waals surface area contributed by atoms with Crippen molar-refractivity contribution in [1.82, 2.24) is 4.98 Å². The molecule has 3 aromatic carbocycles. The molecule has 0 amide bonds. The lowest BCUT2D eigenvalue weighted by atomic mass is 10.1. The molecule has 122 valence electrons. The highest BCUT2D eigenvalue weighted by molar-refractivity contribution is 7.26. The minimum Gasteiger partial charge on any atom is -0.354 e. The fraction of sp³-hybridized carbons (Fsp3) is 0.182. The second-order valence-electron chi connectivity index (χ2n) is 5.13. The molecule has 24 heavy (non-hydrogen) atoms. The Kier molecular flexibility index (Phi) is 4.86. The largest absolute Gasteiger partial charge is 0.354 e. The molecule has 0 saturated heterocycles. The van der Waals surface area contributed by atoms with Gasteiger partial charge in [-0.2, -0.15) is 0 Å². The smallest absolute Gasteiger partial charge is 0.0472 e. The molecule has 0 fully saturated rings. The molecule has 2 aromatic heterocycles. The van der Waals surface area contributed by atoms with E-state index in [1.807, 2.05) is 39.0 Å². The van der Waals surface area contributed by atoms with Crippen molar-refractivity contribution in [3.05, 3.63) is 60.7 Å². The first-order valence-corrected chi connectivity index (χ1v) is 9.54. The number of fused-ring (bicyclic) bond motifs is 7. The molecule has 2 heterocycles. The molecule has 2 heteroatoms. The van der Waals surface area contributed by atoms with Gasteiger partial charge in [0.15, 0.2) is 0 Å². The van der Waals surface area contributed by atoms with Gasteiger partial charge in [0.1, 0.15) is 0 Å². The average Bonchev–Trinajstić information content (AvgIpc) is 3.22. The molecular weight excluding hydrogens is 310 g/mol. The Morgan fingerprint density at radius 3 is 2.04 bits per heavy atom. The standard InChI is InChI=1S/C18H11NS.2C2H6/c1-3-7-13-11(5-1)17-14(19-13)9-10-16-18(17)12-6-2-4-8-15(12)20-16;2*1-2/h1-10,19H;2*1-2H3. The van der Waals surface area contributed by atoms with E-state index in [1.54, 1.807) is 0 Å². The summed E-state index contributed by atoms with van der Waals surface area (Å²) in [6.45, 7) is 8.00. The van der Waals surface area contributed by atoms with Gasteiger partial charge in [-0.3, -0.25) is 0 Å². The van der Waals surface area contributed by atoms with Crippen LogP contribution in [0.3, 0.4) is 0 Å². The molecule has 0 saturated carbocycles. The lowest BCUT2D eigenvalue weighted by Crippen LogP contribution is -1.70. The average molecular weight is 334 g/mol. The van der Waals surface area contributed by atoms with Crippen LogP contribution in [0.4, 0.5) is 0 Å². The van der Waals surface area contributed by atoms with Gasteiger partial charge in [0.25, 0.3) is 0 Å². The lowest BCUT2D eigenvalue weighted by Gasteiger charge is -1.96. The maximum Gasteiger partial charge on any atom is 0.0472 e. The summed E-state index contributed by atoms with van der Waals surface area (Å²) in [7, 11) is 0. The molecule has 0 aliphatic carbocycles. The van der Waals surface area contributed by atoms with E-state index in [-0.39, 0.29) is 0 Å². The van der Waals surface area contributed by atoms with Gasteiger partial charge < -0.3 is 4.98 Å². The van der Waals surface area contributed by atoms with Gasteiger partial charge in [-0.15, -0.1) is 11.3 Å². The van der Waals surface area contributed by atoms with E-state index in [1.165, 1.54) is 42.0 Å². The van der Waals surface area contributed by atoms with Crippen molar-refractivity contribution in [2.75, 3.05) is 0 Å². The maximum absolute atomic E-state index is 3.53. The van der Waals surface area contributed by atoms with Crippen LogP contribution in [-0.2, 0) is 0 Å². The van der Waals surface area contributed by atoms with Crippen LogP contribution in [0.1, 0.15) is 27.7 Å². The third-order valence-corrected chi connectivity index (χ3v) is 5.15. The Morgan fingerprint density at radius 1 is 0.583 bits per heavy atom. The van der Waals surface area contributed by atoms with Crippen LogP contribution in [0.25, 0.3) is 42.0 Å². The molecule has 0 atom stereocenters. The van der Waals surface area contributed by atoms with E-state index in [4.69, 9.17) is 0 Å². The zero-order valence-electron chi connectivity index (χ0n) is 14.7. The van der Waals surface area contributed by atoms with Crippen molar-refractivity contribution in [3.8, 4) is 0 Å². The minimum atomic E-state index is 1.21. The SMILES string of the molecule is CC.CC.c1ccc2c(c1)[nH]c1ccc3sc4ccccc4c3c12. The van der Waals surface area contributed by atoms with E-state index in [9.17, 15) is 0 Å². The Balaban J connectivity index is 0.000000396. The van der Waals surface area contributed by atoms with Crippen molar-refractivity contribution >= 4 is 53.3 Å². The molecule has 0 aliphatic rings. The summed E-state index contributed by atoms with van der Waals surface area (Å²) in [5.41, 5.74) is 2.44. The van der Waals surface area contributed by atoms with Gasteiger partial charge in [0.2, 0.25) is 0 Å². The van der Waals surface area contributed by atoms with Crippen molar-refractivity contribution in [2.45, 2.75) is 27.7 Å². The number of hydrogen-bond acceptors (Lipinski definition) is 1. The highest BCUT2D eigenvalue weighted by atomic mass is 32.1. The number of rotatable bonds is 0. The summed E-state index contributed by atoms with van der Waals surface area (Å²) in [5.74, 6) is 0. The number of hydrogen-bond donors (Lipinski definition) is 1. The fourth-order valence-electron chi connectivity index (χ4n) is 3.16. The van der Waals surface area contributed by atoms with E-state index >= 15 is 0 Å². The minimum absolute atomic E-state index is 1.21. The van der Waals surface area contributed by atoms with Crippen molar-refractivity contribution in [3.63, 3.8) is 0 Å². The lowest BCUT2D eigenvalue weighted by molar-refractivity contribution is 1.50. The van der Waals surface area contributed by atoms with Crippen LogP contribution in [-0.4, -0.2) is 4.98 Å². The first-order valence-electron chi connectivity index (χ1n) is 8.72. The molecule has 0 aliphatic heterocycles. The van der Waals surface area contributed by atoms with Gasteiger partial charge in [-0.05, 0) is 24.3 Å². The number of H-pyrrole nitrogens is 1. The zero-order chi connectivity index (χ0) is 17.1. The quantitative estimate of drug-likeness (QED) is 0.298. The van der Waals surface area contributed by atoms with Crippen molar-refractivity contribution in [1.29, 1.82) is 0 Å². The molecule has 5 rings (SSSR count). The monoisotopic (exact) mass is 333 g/mol. The predicted octanol–water partition coefficient (Wildman–Crippen LogP) is 7.74. The van der Waals surface area contributed by atoms with Crippen molar-refractivity contribution in [2.24, 2.45) is 0 Å². The summed E-state index contributed by atoms with van der Waals surface area (Å²) in [6, 6.07) is 21.7. The molecular formula is C22H23NS. The second-order valence-corrected chi connectivity index (χ2v) is 6.21. The first kappa shape index (κ1) is 16.5. The molecule has 1 N–H and O–H groups in total. The Labute approximate surface area is 146 Å². The van der Waals surface area contributed by atoms with Gasteiger partial charge in [0, 0.05) is 42.0 Å². The maximum atomic E-state index is 3.53. The van der Waals surface area contributed by atoms with Crippen LogP contribution >= 0.6 is 11.3 Å². The summed E-state index contributed by atoms with van der Waals surface area (Å²) >= 11 is 1.87. The van der Waals surface area contributed by atoms with Crippen LogP contribution in [0.5, 0.6) is 0 Å². The number of benzene rings is 3. The van der Waals surface area contributed by atoms with E-state index in [2.05, 4.69) is 65.6 Å². The van der Waals surface area contributed by atoms with Gasteiger partial charge in [-0.25, -0.2) is 0 Å². The normalized spacial score (nSPS) is 10.5. The molecule has 0 unspecified atom stereocenters. The van der Waals surface area contributed by atoms with Crippen LogP contribution in [0, 0.1) is 0 Å². The highest BCUT2D eigenvalue weighted by Gasteiger charge is 2.12. The third kappa shape index (κ3) is 2.47. The summed E-state index contributed by atoms with van der Waals surface area (Å²) < 4.78 is 2.73. The fourth-order valence-corrected chi connectivity index (χ4v) is 4.27. The van der Waals surface area contributed by atoms with E-state index in [0.29, 0.717) is 0 Å².